The molecule has 4 aromatic rings. The van der Waals surface area contributed by atoms with Crippen molar-refractivity contribution < 1.29 is 4.79 Å². The van der Waals surface area contributed by atoms with Crippen molar-refractivity contribution in [3.05, 3.63) is 90.0 Å². The van der Waals surface area contributed by atoms with Gasteiger partial charge in [0, 0.05) is 11.6 Å². The van der Waals surface area contributed by atoms with Crippen LogP contribution in [-0.2, 0) is 11.2 Å². The van der Waals surface area contributed by atoms with Crippen molar-refractivity contribution in [3.8, 4) is 17.5 Å². The summed E-state index contributed by atoms with van der Waals surface area (Å²) < 4.78 is 2.03. The Morgan fingerprint density at radius 1 is 1.03 bits per heavy atom. The van der Waals surface area contributed by atoms with Gasteiger partial charge in [0.2, 0.25) is 5.91 Å². The lowest BCUT2D eigenvalue weighted by Crippen LogP contribution is -2.37. The molecule has 4 rings (SSSR count). The Bertz CT molecular complexity index is 1270. The molecule has 0 aliphatic carbocycles. The number of imidazole rings is 1. The lowest BCUT2D eigenvalue weighted by Gasteiger charge is -2.23. The molecule has 32 heavy (non-hydrogen) atoms. The molecular weight excluding hydrogens is 396 g/mol. The lowest BCUT2D eigenvalue weighted by molar-refractivity contribution is -0.124. The van der Waals surface area contributed by atoms with Crippen molar-refractivity contribution in [1.29, 1.82) is 5.26 Å². The van der Waals surface area contributed by atoms with E-state index in [1.165, 1.54) is 5.56 Å². The van der Waals surface area contributed by atoms with Gasteiger partial charge in [-0.25, -0.2) is 4.98 Å². The smallest absolute Gasteiger partial charge is 0.243 e. The van der Waals surface area contributed by atoms with E-state index in [1.54, 1.807) is 6.07 Å². The number of rotatable bonds is 7. The third-order valence-corrected chi connectivity index (χ3v) is 5.44. The number of hydrogen-bond donors (Lipinski definition) is 1. The normalized spacial score (nSPS) is 11.9. The maximum atomic E-state index is 13.4. The van der Waals surface area contributed by atoms with Gasteiger partial charge in [0.15, 0.2) is 0 Å². The van der Waals surface area contributed by atoms with Crippen LogP contribution in [0.5, 0.6) is 0 Å². The first-order valence-corrected chi connectivity index (χ1v) is 10.9. The van der Waals surface area contributed by atoms with E-state index in [1.807, 2.05) is 79.1 Å². The van der Waals surface area contributed by atoms with E-state index in [9.17, 15) is 10.1 Å². The van der Waals surface area contributed by atoms with Crippen LogP contribution in [0.2, 0.25) is 0 Å². The predicted octanol–water partition coefficient (Wildman–Crippen LogP) is 5.27. The molecule has 1 atom stereocenters. The van der Waals surface area contributed by atoms with Gasteiger partial charge in [-0.05, 0) is 56.5 Å². The molecule has 0 fully saturated rings. The molecule has 1 N–H and O–H groups in total. The molecule has 5 nitrogen and oxygen atoms in total. The maximum absolute atomic E-state index is 13.4. The standard InChI is InChI=1S/C27H26N4O/c1-19(2)29-27(32)25(16-15-20-9-4-3-5-10-20)31-24-14-7-6-13-23(24)30-26(31)22-12-8-11-21(17-22)18-28/h3-14,17,19,25H,15-16H2,1-2H3,(H,29,32). The van der Waals surface area contributed by atoms with Gasteiger partial charge < -0.3 is 9.88 Å². The molecule has 0 radical (unpaired) electrons. The molecule has 0 bridgehead atoms. The summed E-state index contributed by atoms with van der Waals surface area (Å²) in [7, 11) is 0. The van der Waals surface area contributed by atoms with Crippen LogP contribution in [0.15, 0.2) is 78.9 Å². The molecule has 0 saturated carbocycles. The molecule has 3 aromatic carbocycles. The SMILES string of the molecule is CC(C)NC(=O)C(CCc1ccccc1)n1c(-c2cccc(C#N)c2)nc2ccccc21. The number of nitrogens with one attached hydrogen (secondary N) is 1. The molecule has 160 valence electrons. The van der Waals surface area contributed by atoms with Crippen LogP contribution >= 0.6 is 0 Å². The fourth-order valence-electron chi connectivity index (χ4n) is 4.00. The van der Waals surface area contributed by atoms with Gasteiger partial charge in [-0.3, -0.25) is 4.79 Å². The Labute approximate surface area is 188 Å². The first kappa shape index (κ1) is 21.3. The van der Waals surface area contributed by atoms with Crippen LogP contribution in [0.3, 0.4) is 0 Å². The van der Waals surface area contributed by atoms with E-state index in [0.717, 1.165) is 23.0 Å². The van der Waals surface area contributed by atoms with E-state index in [2.05, 4.69) is 23.5 Å². The number of amides is 1. The summed E-state index contributed by atoms with van der Waals surface area (Å²) in [4.78, 5) is 18.3. The van der Waals surface area contributed by atoms with Crippen LogP contribution in [0, 0.1) is 11.3 Å². The molecule has 1 amide bonds. The molecular formula is C27H26N4O. The minimum Gasteiger partial charge on any atom is -0.352 e. The van der Waals surface area contributed by atoms with Crippen LogP contribution in [0.1, 0.15) is 37.4 Å². The largest absolute Gasteiger partial charge is 0.352 e. The Hall–Kier alpha value is -3.91. The van der Waals surface area contributed by atoms with Gasteiger partial charge in [-0.1, -0.05) is 54.6 Å². The number of para-hydroxylation sites is 2. The van der Waals surface area contributed by atoms with E-state index in [-0.39, 0.29) is 11.9 Å². The minimum absolute atomic E-state index is 0.0295. The zero-order valence-electron chi connectivity index (χ0n) is 18.3. The zero-order valence-corrected chi connectivity index (χ0v) is 18.3. The average molecular weight is 423 g/mol. The summed E-state index contributed by atoms with van der Waals surface area (Å²) >= 11 is 0. The van der Waals surface area contributed by atoms with E-state index in [4.69, 9.17) is 4.98 Å². The Kier molecular flexibility index (Phi) is 6.32. The number of aryl methyl sites for hydroxylation is 1. The number of benzene rings is 3. The van der Waals surface area contributed by atoms with Crippen LogP contribution in [-0.4, -0.2) is 21.5 Å². The monoisotopic (exact) mass is 422 g/mol. The van der Waals surface area contributed by atoms with E-state index < -0.39 is 6.04 Å². The lowest BCUT2D eigenvalue weighted by atomic mass is 10.0. The molecule has 0 spiro atoms. The van der Waals surface area contributed by atoms with Crippen LogP contribution in [0.4, 0.5) is 0 Å². The highest BCUT2D eigenvalue weighted by atomic mass is 16.2. The molecule has 0 saturated heterocycles. The highest BCUT2D eigenvalue weighted by Crippen LogP contribution is 2.31. The van der Waals surface area contributed by atoms with Crippen molar-refractivity contribution in [2.24, 2.45) is 0 Å². The summed E-state index contributed by atoms with van der Waals surface area (Å²) in [5, 5.41) is 12.5. The molecule has 5 heteroatoms. The van der Waals surface area contributed by atoms with Crippen LogP contribution in [0.25, 0.3) is 22.4 Å². The van der Waals surface area contributed by atoms with Gasteiger partial charge in [0.1, 0.15) is 11.9 Å². The van der Waals surface area contributed by atoms with Gasteiger partial charge >= 0.3 is 0 Å². The number of hydrogen-bond acceptors (Lipinski definition) is 3. The molecule has 1 aromatic heterocycles. The van der Waals surface area contributed by atoms with Gasteiger partial charge in [-0.2, -0.15) is 5.26 Å². The highest BCUT2D eigenvalue weighted by Gasteiger charge is 2.26. The Morgan fingerprint density at radius 3 is 2.53 bits per heavy atom. The Balaban J connectivity index is 1.84. The fraction of sp³-hybridized carbons (Fsp3) is 0.222. The zero-order chi connectivity index (χ0) is 22.5. The molecule has 1 heterocycles. The second kappa shape index (κ2) is 9.49. The maximum Gasteiger partial charge on any atom is 0.243 e. The first-order valence-electron chi connectivity index (χ1n) is 10.9. The quantitative estimate of drug-likeness (QED) is 0.441. The molecule has 0 aliphatic rings. The Morgan fingerprint density at radius 2 is 1.78 bits per heavy atom. The van der Waals surface area contributed by atoms with Crippen molar-refractivity contribution in [2.45, 2.75) is 38.8 Å². The number of carbonyl (C=O) groups is 1. The topological polar surface area (TPSA) is 70.7 Å². The number of nitrogens with zero attached hydrogens (tertiary/aromatic N) is 3. The van der Waals surface area contributed by atoms with Crippen molar-refractivity contribution in [1.82, 2.24) is 14.9 Å². The van der Waals surface area contributed by atoms with Crippen LogP contribution < -0.4 is 5.32 Å². The second-order valence-electron chi connectivity index (χ2n) is 8.19. The summed E-state index contributed by atoms with van der Waals surface area (Å²) in [6, 6.07) is 27.2. The van der Waals surface area contributed by atoms with Crippen molar-refractivity contribution >= 4 is 16.9 Å². The predicted molar refractivity (Wildman–Crippen MR) is 127 cm³/mol. The third-order valence-electron chi connectivity index (χ3n) is 5.44. The highest BCUT2D eigenvalue weighted by molar-refractivity contribution is 5.87. The fourth-order valence-corrected chi connectivity index (χ4v) is 4.00. The number of fused-ring (bicyclic) bond motifs is 1. The third kappa shape index (κ3) is 4.55. The number of carbonyl (C=O) groups excluding carboxylic acids is 1. The molecule has 1 unspecified atom stereocenters. The summed E-state index contributed by atoms with van der Waals surface area (Å²) in [6.07, 6.45) is 1.40. The van der Waals surface area contributed by atoms with E-state index in [0.29, 0.717) is 17.8 Å². The van der Waals surface area contributed by atoms with Crippen molar-refractivity contribution in [2.75, 3.05) is 0 Å². The van der Waals surface area contributed by atoms with Gasteiger partial charge in [0.05, 0.1) is 22.7 Å². The summed E-state index contributed by atoms with van der Waals surface area (Å²) in [5.41, 5.74) is 4.30. The average Bonchev–Trinajstić information content (AvgIpc) is 3.19. The minimum atomic E-state index is -0.439. The van der Waals surface area contributed by atoms with Crippen molar-refractivity contribution in [3.63, 3.8) is 0 Å². The molecule has 0 aliphatic heterocycles. The van der Waals surface area contributed by atoms with Gasteiger partial charge in [-0.15, -0.1) is 0 Å². The first-order chi connectivity index (χ1) is 15.6. The summed E-state index contributed by atoms with van der Waals surface area (Å²) in [5.74, 6) is 0.664. The number of nitriles is 1. The second-order valence-corrected chi connectivity index (χ2v) is 8.19. The summed E-state index contributed by atoms with van der Waals surface area (Å²) in [6.45, 7) is 3.94. The van der Waals surface area contributed by atoms with Gasteiger partial charge in [0.25, 0.3) is 0 Å². The number of aromatic nitrogens is 2. The van der Waals surface area contributed by atoms with E-state index >= 15 is 0 Å².